The van der Waals surface area contributed by atoms with Gasteiger partial charge in [0.1, 0.15) is 11.4 Å². The van der Waals surface area contributed by atoms with Crippen LogP contribution in [0, 0.1) is 0 Å². The lowest BCUT2D eigenvalue weighted by Gasteiger charge is -2.08. The van der Waals surface area contributed by atoms with Crippen molar-refractivity contribution in [2.45, 2.75) is 19.8 Å². The lowest BCUT2D eigenvalue weighted by atomic mass is 10.1. The fourth-order valence-corrected chi connectivity index (χ4v) is 2.76. The molecule has 1 heterocycles. The molecular formula is C23H23N3O2. The van der Waals surface area contributed by atoms with E-state index in [-0.39, 0.29) is 23.2 Å². The van der Waals surface area contributed by atoms with Crippen molar-refractivity contribution in [3.8, 4) is 0 Å². The van der Waals surface area contributed by atoms with Crippen molar-refractivity contribution in [3.63, 3.8) is 0 Å². The highest BCUT2D eigenvalue weighted by atomic mass is 16.2. The molecule has 3 aromatic rings. The predicted molar refractivity (Wildman–Crippen MR) is 110 cm³/mol. The van der Waals surface area contributed by atoms with E-state index in [4.69, 9.17) is 0 Å². The number of aromatic nitrogens is 1. The van der Waals surface area contributed by atoms with E-state index in [0.29, 0.717) is 12.2 Å². The van der Waals surface area contributed by atoms with Crippen LogP contribution in [0.4, 0.5) is 5.69 Å². The SMILES string of the molecule is CCc1ccc(NC(=O)c2cccc(C(=O)NCCc3ccccc3)n2)cc1. The Balaban J connectivity index is 1.58. The quantitative estimate of drug-likeness (QED) is 0.660. The summed E-state index contributed by atoms with van der Waals surface area (Å²) in [5.74, 6) is -0.638. The lowest BCUT2D eigenvalue weighted by molar-refractivity contribution is 0.0949. The van der Waals surface area contributed by atoms with Crippen LogP contribution < -0.4 is 10.6 Å². The van der Waals surface area contributed by atoms with Gasteiger partial charge in [-0.3, -0.25) is 9.59 Å². The molecule has 5 nitrogen and oxygen atoms in total. The first kappa shape index (κ1) is 19.3. The predicted octanol–water partition coefficient (Wildman–Crippen LogP) is 3.87. The maximum Gasteiger partial charge on any atom is 0.274 e. The van der Waals surface area contributed by atoms with E-state index in [0.717, 1.165) is 18.4 Å². The number of nitrogens with zero attached hydrogens (tertiary/aromatic N) is 1. The van der Waals surface area contributed by atoms with Crippen molar-refractivity contribution >= 4 is 17.5 Å². The number of anilines is 1. The van der Waals surface area contributed by atoms with Crippen molar-refractivity contribution in [1.29, 1.82) is 0 Å². The zero-order valence-corrected chi connectivity index (χ0v) is 15.8. The van der Waals surface area contributed by atoms with E-state index in [2.05, 4.69) is 22.5 Å². The van der Waals surface area contributed by atoms with Gasteiger partial charge in [-0.15, -0.1) is 0 Å². The smallest absolute Gasteiger partial charge is 0.274 e. The first-order valence-electron chi connectivity index (χ1n) is 9.35. The molecule has 142 valence electrons. The molecule has 2 aromatic carbocycles. The van der Waals surface area contributed by atoms with Crippen LogP contribution in [0.3, 0.4) is 0 Å². The summed E-state index contributed by atoms with van der Waals surface area (Å²) in [5, 5.41) is 5.65. The van der Waals surface area contributed by atoms with Gasteiger partial charge >= 0.3 is 0 Å². The molecular weight excluding hydrogens is 350 g/mol. The second-order valence-electron chi connectivity index (χ2n) is 6.40. The minimum absolute atomic E-state index is 0.204. The standard InChI is InChI=1S/C23H23N3O2/c1-2-17-11-13-19(14-12-17)25-23(28)21-10-6-9-20(26-21)22(27)24-16-15-18-7-4-3-5-8-18/h3-14H,2,15-16H2,1H3,(H,24,27)(H,25,28). The molecule has 2 N–H and O–H groups in total. The molecule has 0 saturated heterocycles. The fraction of sp³-hybridized carbons (Fsp3) is 0.174. The highest BCUT2D eigenvalue weighted by Crippen LogP contribution is 2.11. The Morgan fingerprint density at radius 3 is 2.14 bits per heavy atom. The second-order valence-corrected chi connectivity index (χ2v) is 6.40. The molecule has 0 atom stereocenters. The molecule has 0 radical (unpaired) electrons. The van der Waals surface area contributed by atoms with E-state index >= 15 is 0 Å². The minimum atomic E-state index is -0.344. The third-order valence-electron chi connectivity index (χ3n) is 4.38. The van der Waals surface area contributed by atoms with Crippen molar-refractivity contribution < 1.29 is 9.59 Å². The Hall–Kier alpha value is -3.47. The van der Waals surface area contributed by atoms with Crippen molar-refractivity contribution in [3.05, 3.63) is 95.3 Å². The van der Waals surface area contributed by atoms with E-state index in [1.54, 1.807) is 18.2 Å². The molecule has 0 fully saturated rings. The highest BCUT2D eigenvalue weighted by molar-refractivity contribution is 6.03. The molecule has 0 aliphatic carbocycles. The number of hydrogen-bond donors (Lipinski definition) is 2. The Bertz CT molecular complexity index is 938. The van der Waals surface area contributed by atoms with Crippen molar-refractivity contribution in [2.75, 3.05) is 11.9 Å². The summed E-state index contributed by atoms with van der Waals surface area (Å²) in [6.07, 6.45) is 1.68. The maximum atomic E-state index is 12.4. The topological polar surface area (TPSA) is 71.1 Å². The first-order chi connectivity index (χ1) is 13.7. The number of benzene rings is 2. The fourth-order valence-electron chi connectivity index (χ4n) is 2.76. The molecule has 0 aliphatic rings. The molecule has 3 rings (SSSR count). The van der Waals surface area contributed by atoms with E-state index in [1.165, 1.54) is 5.56 Å². The van der Waals surface area contributed by atoms with Gasteiger partial charge in [-0.25, -0.2) is 4.98 Å². The number of amides is 2. The van der Waals surface area contributed by atoms with Crippen LogP contribution in [0.1, 0.15) is 39.0 Å². The summed E-state index contributed by atoms with van der Waals surface area (Å²) in [6, 6.07) is 22.4. The molecule has 0 bridgehead atoms. The zero-order chi connectivity index (χ0) is 19.8. The number of hydrogen-bond acceptors (Lipinski definition) is 3. The minimum Gasteiger partial charge on any atom is -0.350 e. The number of nitrogens with one attached hydrogen (secondary N) is 2. The van der Waals surface area contributed by atoms with Gasteiger partial charge in [-0.2, -0.15) is 0 Å². The molecule has 0 spiro atoms. The third kappa shape index (κ3) is 5.27. The van der Waals surface area contributed by atoms with Crippen LogP contribution in [-0.2, 0) is 12.8 Å². The van der Waals surface area contributed by atoms with Crippen LogP contribution in [0.15, 0.2) is 72.8 Å². The van der Waals surface area contributed by atoms with Crippen LogP contribution in [-0.4, -0.2) is 23.3 Å². The van der Waals surface area contributed by atoms with Gasteiger partial charge in [-0.05, 0) is 48.2 Å². The van der Waals surface area contributed by atoms with Gasteiger partial charge in [0.25, 0.3) is 11.8 Å². The highest BCUT2D eigenvalue weighted by Gasteiger charge is 2.12. The van der Waals surface area contributed by atoms with Gasteiger partial charge in [0.05, 0.1) is 0 Å². The summed E-state index contributed by atoms with van der Waals surface area (Å²) in [6.45, 7) is 2.58. The Morgan fingerprint density at radius 1 is 0.786 bits per heavy atom. The van der Waals surface area contributed by atoms with Gasteiger partial charge < -0.3 is 10.6 Å². The van der Waals surface area contributed by atoms with E-state index < -0.39 is 0 Å². The number of carbonyl (C=O) groups excluding carboxylic acids is 2. The van der Waals surface area contributed by atoms with Crippen LogP contribution >= 0.6 is 0 Å². The number of carbonyl (C=O) groups is 2. The van der Waals surface area contributed by atoms with E-state index in [1.807, 2.05) is 54.6 Å². The van der Waals surface area contributed by atoms with E-state index in [9.17, 15) is 9.59 Å². The molecule has 0 aliphatic heterocycles. The maximum absolute atomic E-state index is 12.4. The van der Waals surface area contributed by atoms with Gasteiger partial charge in [0.2, 0.25) is 0 Å². The summed E-state index contributed by atoms with van der Waals surface area (Å²) in [5.41, 5.74) is 3.47. The van der Waals surface area contributed by atoms with Crippen LogP contribution in [0.2, 0.25) is 0 Å². The van der Waals surface area contributed by atoms with Crippen LogP contribution in [0.5, 0.6) is 0 Å². The van der Waals surface area contributed by atoms with Gasteiger partial charge in [0.15, 0.2) is 0 Å². The Labute approximate surface area is 164 Å². The second kappa shape index (κ2) is 9.46. The van der Waals surface area contributed by atoms with Crippen LogP contribution in [0.25, 0.3) is 0 Å². The Kier molecular flexibility index (Phi) is 6.52. The largest absolute Gasteiger partial charge is 0.350 e. The summed E-state index contributed by atoms with van der Waals surface area (Å²) in [7, 11) is 0. The normalized spacial score (nSPS) is 10.3. The van der Waals surface area contributed by atoms with Crippen molar-refractivity contribution in [1.82, 2.24) is 10.3 Å². The Morgan fingerprint density at radius 2 is 1.46 bits per heavy atom. The molecule has 28 heavy (non-hydrogen) atoms. The molecule has 2 amide bonds. The zero-order valence-electron chi connectivity index (χ0n) is 15.8. The number of rotatable bonds is 7. The molecule has 0 unspecified atom stereocenters. The average molecular weight is 373 g/mol. The van der Waals surface area contributed by atoms with Gasteiger partial charge in [-0.1, -0.05) is 55.5 Å². The molecule has 5 heteroatoms. The average Bonchev–Trinajstić information content (AvgIpc) is 2.75. The lowest BCUT2D eigenvalue weighted by Crippen LogP contribution is -2.27. The number of pyridine rings is 1. The summed E-state index contributed by atoms with van der Waals surface area (Å²) >= 11 is 0. The molecule has 0 saturated carbocycles. The summed E-state index contributed by atoms with van der Waals surface area (Å²) < 4.78 is 0. The summed E-state index contributed by atoms with van der Waals surface area (Å²) in [4.78, 5) is 29.0. The monoisotopic (exact) mass is 373 g/mol. The third-order valence-corrected chi connectivity index (χ3v) is 4.38. The van der Waals surface area contributed by atoms with Crippen molar-refractivity contribution in [2.24, 2.45) is 0 Å². The number of aryl methyl sites for hydroxylation is 1. The molecule has 1 aromatic heterocycles. The van der Waals surface area contributed by atoms with Gasteiger partial charge in [0, 0.05) is 12.2 Å². The first-order valence-corrected chi connectivity index (χ1v) is 9.35.